The van der Waals surface area contributed by atoms with Crippen LogP contribution in [-0.2, 0) is 0 Å². The van der Waals surface area contributed by atoms with E-state index in [1.54, 1.807) is 6.07 Å². The summed E-state index contributed by atoms with van der Waals surface area (Å²) in [7, 11) is 0. The molecule has 0 fully saturated rings. The molecule has 1 aliphatic rings. The third-order valence-corrected chi connectivity index (χ3v) is 3.75. The first-order valence-corrected chi connectivity index (χ1v) is 6.82. The Labute approximate surface area is 119 Å². The Bertz CT molecular complexity index is 615. The summed E-state index contributed by atoms with van der Waals surface area (Å²) in [4.78, 5) is 0. The number of halogens is 2. The van der Waals surface area contributed by atoms with Crippen LogP contribution in [-0.4, -0.2) is 5.11 Å². The lowest BCUT2D eigenvalue weighted by Crippen LogP contribution is -2.19. The molecule has 0 aromatic heterocycles. The maximum Gasteiger partial charge on any atom is 0.128 e. The molecular weight excluding hydrogens is 311 g/mol. The average molecular weight is 323 g/mol. The van der Waals surface area contributed by atoms with Gasteiger partial charge in [0.2, 0.25) is 0 Å². The van der Waals surface area contributed by atoms with E-state index in [0.717, 1.165) is 10.0 Å². The molecule has 0 radical (unpaired) electrons. The van der Waals surface area contributed by atoms with Crippen molar-refractivity contribution in [3.05, 3.63) is 63.9 Å². The molecule has 3 rings (SSSR count). The number of ether oxygens (including phenoxy) is 1. The van der Waals surface area contributed by atoms with E-state index in [-0.39, 0.29) is 11.9 Å². The number of rotatable bonds is 1. The minimum atomic E-state index is -0.631. The molecule has 0 amide bonds. The van der Waals surface area contributed by atoms with Crippen LogP contribution in [0.4, 0.5) is 4.39 Å². The Kier molecular flexibility index (Phi) is 3.29. The predicted octanol–water partition coefficient (Wildman–Crippen LogP) is 4.15. The second kappa shape index (κ2) is 4.94. The number of hydrogen-bond donors (Lipinski definition) is 1. The summed E-state index contributed by atoms with van der Waals surface area (Å²) in [6.07, 6.45) is -0.426. The van der Waals surface area contributed by atoms with Crippen molar-refractivity contribution in [2.75, 3.05) is 0 Å². The minimum absolute atomic E-state index is 0.262. The third-order valence-electron chi connectivity index (χ3n) is 3.26. The van der Waals surface area contributed by atoms with Crippen LogP contribution in [0.3, 0.4) is 0 Å². The fourth-order valence-corrected chi connectivity index (χ4v) is 2.74. The third kappa shape index (κ3) is 2.51. The zero-order valence-electron chi connectivity index (χ0n) is 10.0. The van der Waals surface area contributed by atoms with Crippen molar-refractivity contribution >= 4 is 15.9 Å². The van der Waals surface area contributed by atoms with E-state index in [1.165, 1.54) is 12.1 Å². The van der Waals surface area contributed by atoms with Crippen molar-refractivity contribution in [1.29, 1.82) is 0 Å². The number of benzene rings is 2. The van der Waals surface area contributed by atoms with E-state index in [9.17, 15) is 9.50 Å². The lowest BCUT2D eigenvalue weighted by molar-refractivity contribution is 0.0653. The van der Waals surface area contributed by atoms with Crippen LogP contribution in [0.5, 0.6) is 5.75 Å². The molecule has 0 aliphatic carbocycles. The number of fused-ring (bicyclic) bond motifs is 1. The topological polar surface area (TPSA) is 29.5 Å². The zero-order valence-corrected chi connectivity index (χ0v) is 11.6. The Hall–Kier alpha value is -1.39. The molecular formula is C15H12BrFO2. The van der Waals surface area contributed by atoms with Gasteiger partial charge in [0.25, 0.3) is 0 Å². The number of aliphatic hydroxyl groups is 1. The highest BCUT2D eigenvalue weighted by Gasteiger charge is 2.28. The van der Waals surface area contributed by atoms with E-state index in [0.29, 0.717) is 17.7 Å². The average Bonchev–Trinajstić information content (AvgIpc) is 2.38. The lowest BCUT2D eigenvalue weighted by Gasteiger charge is -2.30. The van der Waals surface area contributed by atoms with Gasteiger partial charge in [-0.3, -0.25) is 0 Å². The van der Waals surface area contributed by atoms with Gasteiger partial charge in [0, 0.05) is 22.5 Å². The Morgan fingerprint density at radius 3 is 2.84 bits per heavy atom. The number of aliphatic hydroxyl groups excluding tert-OH is 1. The van der Waals surface area contributed by atoms with Crippen LogP contribution in [0, 0.1) is 5.82 Å². The van der Waals surface area contributed by atoms with Crippen molar-refractivity contribution < 1.29 is 14.2 Å². The van der Waals surface area contributed by atoms with E-state index in [4.69, 9.17) is 4.74 Å². The zero-order chi connectivity index (χ0) is 13.4. The van der Waals surface area contributed by atoms with Gasteiger partial charge in [0.15, 0.2) is 0 Å². The summed E-state index contributed by atoms with van der Waals surface area (Å²) in [5, 5.41) is 10.1. The smallest absolute Gasteiger partial charge is 0.128 e. The number of hydrogen-bond acceptors (Lipinski definition) is 2. The molecule has 19 heavy (non-hydrogen) atoms. The maximum atomic E-state index is 13.2. The van der Waals surface area contributed by atoms with E-state index in [2.05, 4.69) is 15.9 Å². The Morgan fingerprint density at radius 2 is 2.05 bits per heavy atom. The standard InChI is InChI=1S/C15H12BrFO2/c16-10-3-1-2-9(6-10)14-8-13(18)12-5-4-11(17)7-15(12)19-14/h1-7,13-14,18H,8H2/t13-,14?/m0/s1. The van der Waals surface area contributed by atoms with E-state index in [1.807, 2.05) is 24.3 Å². The summed E-state index contributed by atoms with van der Waals surface area (Å²) in [6, 6.07) is 12.0. The van der Waals surface area contributed by atoms with Crippen LogP contribution < -0.4 is 4.74 Å². The van der Waals surface area contributed by atoms with Crippen molar-refractivity contribution in [3.8, 4) is 5.75 Å². The predicted molar refractivity (Wildman–Crippen MR) is 73.5 cm³/mol. The first-order chi connectivity index (χ1) is 9.13. The Balaban J connectivity index is 1.96. The van der Waals surface area contributed by atoms with Crippen molar-refractivity contribution in [1.82, 2.24) is 0 Å². The lowest BCUT2D eigenvalue weighted by atomic mass is 9.95. The van der Waals surface area contributed by atoms with Crippen molar-refractivity contribution in [3.63, 3.8) is 0 Å². The molecule has 1 N–H and O–H groups in total. The SMILES string of the molecule is O[C@H]1CC(c2cccc(Br)c2)Oc2cc(F)ccc21. The second-order valence-corrected chi connectivity index (χ2v) is 5.51. The molecule has 0 bridgehead atoms. The van der Waals surface area contributed by atoms with Gasteiger partial charge in [-0.1, -0.05) is 28.1 Å². The summed E-state index contributed by atoms with van der Waals surface area (Å²) in [6.45, 7) is 0. The van der Waals surface area contributed by atoms with Gasteiger partial charge >= 0.3 is 0 Å². The van der Waals surface area contributed by atoms with E-state index >= 15 is 0 Å². The molecule has 98 valence electrons. The van der Waals surface area contributed by atoms with Crippen LogP contribution in [0.1, 0.15) is 29.8 Å². The van der Waals surface area contributed by atoms with Gasteiger partial charge in [-0.05, 0) is 29.8 Å². The highest BCUT2D eigenvalue weighted by Crippen LogP contribution is 2.41. The maximum absolute atomic E-state index is 13.2. The minimum Gasteiger partial charge on any atom is -0.485 e. The summed E-state index contributed by atoms with van der Waals surface area (Å²) in [5.74, 6) is 0.0598. The van der Waals surface area contributed by atoms with Gasteiger partial charge in [-0.25, -0.2) is 4.39 Å². The molecule has 1 unspecified atom stereocenters. The molecule has 2 aromatic carbocycles. The normalized spacial score (nSPS) is 21.6. The van der Waals surface area contributed by atoms with Gasteiger partial charge in [-0.2, -0.15) is 0 Å². The molecule has 2 aromatic rings. The van der Waals surface area contributed by atoms with Crippen molar-refractivity contribution in [2.45, 2.75) is 18.6 Å². The van der Waals surface area contributed by atoms with E-state index < -0.39 is 6.10 Å². The molecule has 1 aliphatic heterocycles. The summed E-state index contributed by atoms with van der Waals surface area (Å²) < 4.78 is 20.0. The fraction of sp³-hybridized carbons (Fsp3) is 0.200. The van der Waals surface area contributed by atoms with Crippen LogP contribution in [0.2, 0.25) is 0 Å². The molecule has 4 heteroatoms. The largest absolute Gasteiger partial charge is 0.485 e. The van der Waals surface area contributed by atoms with Crippen molar-refractivity contribution in [2.24, 2.45) is 0 Å². The van der Waals surface area contributed by atoms with Crippen LogP contribution >= 0.6 is 15.9 Å². The van der Waals surface area contributed by atoms with Gasteiger partial charge in [0.05, 0.1) is 6.10 Å². The van der Waals surface area contributed by atoms with Crippen LogP contribution in [0.15, 0.2) is 46.9 Å². The molecule has 0 saturated heterocycles. The van der Waals surface area contributed by atoms with Crippen LogP contribution in [0.25, 0.3) is 0 Å². The first-order valence-electron chi connectivity index (χ1n) is 6.03. The highest BCUT2D eigenvalue weighted by atomic mass is 79.9. The quantitative estimate of drug-likeness (QED) is 0.854. The molecule has 2 nitrogen and oxygen atoms in total. The fourth-order valence-electron chi connectivity index (χ4n) is 2.33. The Morgan fingerprint density at radius 1 is 1.21 bits per heavy atom. The first kappa shape index (κ1) is 12.6. The monoisotopic (exact) mass is 322 g/mol. The van der Waals surface area contributed by atoms with Gasteiger partial charge in [-0.15, -0.1) is 0 Å². The molecule has 0 saturated carbocycles. The van der Waals surface area contributed by atoms with Gasteiger partial charge in [0.1, 0.15) is 17.7 Å². The molecule has 1 heterocycles. The van der Waals surface area contributed by atoms with Gasteiger partial charge < -0.3 is 9.84 Å². The molecule has 0 spiro atoms. The highest BCUT2D eigenvalue weighted by molar-refractivity contribution is 9.10. The summed E-state index contributed by atoms with van der Waals surface area (Å²) in [5.41, 5.74) is 1.61. The summed E-state index contributed by atoms with van der Waals surface area (Å²) >= 11 is 3.41. The molecule has 2 atom stereocenters. The second-order valence-electron chi connectivity index (χ2n) is 4.60.